The van der Waals surface area contributed by atoms with Crippen molar-refractivity contribution in [2.24, 2.45) is 10.9 Å². The van der Waals surface area contributed by atoms with E-state index in [1.165, 1.54) is 0 Å². The Hall–Kier alpha value is -1.89. The molecule has 1 aromatic rings. The van der Waals surface area contributed by atoms with Crippen LogP contribution in [-0.2, 0) is 0 Å². The summed E-state index contributed by atoms with van der Waals surface area (Å²) in [5, 5.41) is 12.0. The van der Waals surface area contributed by atoms with Crippen LogP contribution in [0.1, 0.15) is 24.7 Å². The number of aryl methyl sites for hydroxylation is 2. The zero-order chi connectivity index (χ0) is 15.4. The van der Waals surface area contributed by atoms with Crippen molar-refractivity contribution in [3.8, 4) is 0 Å². The van der Waals surface area contributed by atoms with Gasteiger partial charge in [0.25, 0.3) is 0 Å². The molecule has 0 radical (unpaired) electrons. The van der Waals surface area contributed by atoms with E-state index in [-0.39, 0.29) is 11.9 Å². The van der Waals surface area contributed by atoms with Gasteiger partial charge in [0.15, 0.2) is 5.84 Å². The van der Waals surface area contributed by atoms with Crippen LogP contribution in [0.5, 0.6) is 0 Å². The van der Waals surface area contributed by atoms with Gasteiger partial charge < -0.3 is 15.8 Å². The first-order chi connectivity index (χ1) is 10.1. The van der Waals surface area contributed by atoms with E-state index in [0.29, 0.717) is 0 Å². The molecule has 0 saturated carbocycles. The number of aromatic nitrogens is 2. The first kappa shape index (κ1) is 15.5. The van der Waals surface area contributed by atoms with Crippen molar-refractivity contribution in [2.75, 3.05) is 31.1 Å². The Bertz CT molecular complexity index is 510. The molecule has 0 aliphatic carbocycles. The lowest BCUT2D eigenvalue weighted by molar-refractivity contribution is 0.215. The lowest BCUT2D eigenvalue weighted by Crippen LogP contribution is -2.54. The maximum absolute atomic E-state index is 8.87. The van der Waals surface area contributed by atoms with E-state index in [2.05, 4.69) is 24.9 Å². The van der Waals surface area contributed by atoms with Crippen LogP contribution in [0.25, 0.3) is 0 Å². The molecule has 7 heteroatoms. The standard InChI is InChI=1S/C14H24N6O/c1-4-12(13(15)18-21)19-5-7-20(8-6-19)14-11(3)16-9-10(2)17-14/h9,12,21H,4-8H2,1-3H3,(H2,15,18). The normalized spacial score (nSPS) is 18.8. The van der Waals surface area contributed by atoms with Crippen LogP contribution >= 0.6 is 0 Å². The predicted molar refractivity (Wildman–Crippen MR) is 82.8 cm³/mol. The molecule has 0 spiro atoms. The van der Waals surface area contributed by atoms with Crippen molar-refractivity contribution in [3.63, 3.8) is 0 Å². The summed E-state index contributed by atoms with van der Waals surface area (Å²) < 4.78 is 0. The number of nitrogens with zero attached hydrogens (tertiary/aromatic N) is 5. The van der Waals surface area contributed by atoms with Gasteiger partial charge in [-0.15, -0.1) is 0 Å². The third kappa shape index (κ3) is 3.41. The molecule has 1 aromatic heterocycles. The highest BCUT2D eigenvalue weighted by Gasteiger charge is 2.26. The van der Waals surface area contributed by atoms with E-state index < -0.39 is 0 Å². The SMILES string of the molecule is CCC(C(N)=NO)N1CCN(c2nc(C)cnc2C)CC1. The minimum absolute atomic E-state index is 0.00170. The van der Waals surface area contributed by atoms with Gasteiger partial charge in [0, 0.05) is 32.4 Å². The fourth-order valence-electron chi connectivity index (χ4n) is 2.79. The Labute approximate surface area is 125 Å². The molecule has 1 aliphatic heterocycles. The summed E-state index contributed by atoms with van der Waals surface area (Å²) in [5.41, 5.74) is 7.66. The number of hydrogen-bond donors (Lipinski definition) is 2. The third-order valence-corrected chi connectivity index (χ3v) is 3.95. The van der Waals surface area contributed by atoms with Crippen molar-refractivity contribution in [2.45, 2.75) is 33.2 Å². The van der Waals surface area contributed by atoms with Gasteiger partial charge in [0.05, 0.1) is 17.4 Å². The average Bonchev–Trinajstić information content (AvgIpc) is 2.51. The van der Waals surface area contributed by atoms with Crippen molar-refractivity contribution in [1.29, 1.82) is 0 Å². The van der Waals surface area contributed by atoms with Gasteiger partial charge in [-0.3, -0.25) is 9.88 Å². The van der Waals surface area contributed by atoms with E-state index in [0.717, 1.165) is 49.8 Å². The van der Waals surface area contributed by atoms with E-state index in [1.54, 1.807) is 6.20 Å². The van der Waals surface area contributed by atoms with Gasteiger partial charge in [-0.1, -0.05) is 12.1 Å². The minimum atomic E-state index is 0.00170. The monoisotopic (exact) mass is 292 g/mol. The van der Waals surface area contributed by atoms with Crippen LogP contribution in [0, 0.1) is 13.8 Å². The molecule has 1 saturated heterocycles. The third-order valence-electron chi connectivity index (χ3n) is 3.95. The molecule has 0 amide bonds. The number of oxime groups is 1. The first-order valence-corrected chi connectivity index (χ1v) is 7.33. The number of nitrogens with two attached hydrogens (primary N) is 1. The van der Waals surface area contributed by atoms with Crippen molar-refractivity contribution >= 4 is 11.7 Å². The Kier molecular flexibility index (Phi) is 4.95. The van der Waals surface area contributed by atoms with Gasteiger partial charge >= 0.3 is 0 Å². The molecule has 2 heterocycles. The van der Waals surface area contributed by atoms with Crippen LogP contribution in [0.4, 0.5) is 5.82 Å². The highest BCUT2D eigenvalue weighted by molar-refractivity contribution is 5.85. The van der Waals surface area contributed by atoms with Gasteiger partial charge in [0.1, 0.15) is 5.82 Å². The van der Waals surface area contributed by atoms with E-state index in [4.69, 9.17) is 10.9 Å². The summed E-state index contributed by atoms with van der Waals surface area (Å²) in [7, 11) is 0. The Morgan fingerprint density at radius 1 is 1.38 bits per heavy atom. The Balaban J connectivity index is 2.04. The molecule has 2 rings (SSSR count). The van der Waals surface area contributed by atoms with Gasteiger partial charge in [-0.05, 0) is 20.3 Å². The first-order valence-electron chi connectivity index (χ1n) is 7.33. The molecule has 0 aromatic carbocycles. The maximum atomic E-state index is 8.87. The fraction of sp³-hybridized carbons (Fsp3) is 0.643. The molecule has 0 bridgehead atoms. The predicted octanol–water partition coefficient (Wildman–Crippen LogP) is 0.740. The molecule has 1 unspecified atom stereocenters. The fourth-order valence-corrected chi connectivity index (χ4v) is 2.79. The number of piperazine rings is 1. The molecule has 1 atom stereocenters. The molecule has 116 valence electrons. The number of anilines is 1. The number of hydrogen-bond acceptors (Lipinski definition) is 6. The van der Waals surface area contributed by atoms with Crippen LogP contribution in [0.2, 0.25) is 0 Å². The maximum Gasteiger partial charge on any atom is 0.156 e. The lowest BCUT2D eigenvalue weighted by Gasteiger charge is -2.39. The second-order valence-corrected chi connectivity index (χ2v) is 5.39. The number of amidine groups is 1. The molecular weight excluding hydrogens is 268 g/mol. The summed E-state index contributed by atoms with van der Waals surface area (Å²) in [6.45, 7) is 9.46. The number of rotatable bonds is 4. The molecular formula is C14H24N6O. The molecule has 7 nitrogen and oxygen atoms in total. The zero-order valence-corrected chi connectivity index (χ0v) is 13.0. The van der Waals surface area contributed by atoms with E-state index >= 15 is 0 Å². The summed E-state index contributed by atoms with van der Waals surface area (Å²) in [4.78, 5) is 13.5. The summed E-state index contributed by atoms with van der Waals surface area (Å²) >= 11 is 0. The zero-order valence-electron chi connectivity index (χ0n) is 13.0. The second-order valence-electron chi connectivity index (χ2n) is 5.39. The van der Waals surface area contributed by atoms with E-state index in [9.17, 15) is 0 Å². The van der Waals surface area contributed by atoms with Crippen LogP contribution in [0.15, 0.2) is 11.4 Å². The minimum Gasteiger partial charge on any atom is -0.409 e. The smallest absolute Gasteiger partial charge is 0.156 e. The van der Waals surface area contributed by atoms with Crippen molar-refractivity contribution in [3.05, 3.63) is 17.6 Å². The lowest BCUT2D eigenvalue weighted by atomic mass is 10.1. The Morgan fingerprint density at radius 2 is 2.05 bits per heavy atom. The average molecular weight is 292 g/mol. The summed E-state index contributed by atoms with van der Waals surface area (Å²) in [5.74, 6) is 1.25. The highest BCUT2D eigenvalue weighted by Crippen LogP contribution is 2.18. The summed E-state index contributed by atoms with van der Waals surface area (Å²) in [6.07, 6.45) is 2.62. The second kappa shape index (κ2) is 6.71. The topological polar surface area (TPSA) is 90.9 Å². The van der Waals surface area contributed by atoms with Gasteiger partial charge in [0.2, 0.25) is 0 Å². The van der Waals surface area contributed by atoms with Crippen molar-refractivity contribution < 1.29 is 5.21 Å². The largest absolute Gasteiger partial charge is 0.409 e. The quantitative estimate of drug-likeness (QED) is 0.368. The highest BCUT2D eigenvalue weighted by atomic mass is 16.4. The van der Waals surface area contributed by atoms with Gasteiger partial charge in [-0.25, -0.2) is 4.98 Å². The molecule has 3 N–H and O–H groups in total. The van der Waals surface area contributed by atoms with Crippen LogP contribution < -0.4 is 10.6 Å². The van der Waals surface area contributed by atoms with Crippen molar-refractivity contribution in [1.82, 2.24) is 14.9 Å². The Morgan fingerprint density at radius 3 is 2.62 bits per heavy atom. The molecule has 21 heavy (non-hydrogen) atoms. The molecule has 1 fully saturated rings. The van der Waals surface area contributed by atoms with Gasteiger partial charge in [-0.2, -0.15) is 0 Å². The van der Waals surface area contributed by atoms with Crippen LogP contribution in [0.3, 0.4) is 0 Å². The molecule has 1 aliphatic rings. The van der Waals surface area contributed by atoms with Crippen LogP contribution in [-0.4, -0.2) is 58.1 Å². The summed E-state index contributed by atoms with van der Waals surface area (Å²) in [6, 6.07) is 0.00170. The van der Waals surface area contributed by atoms with E-state index in [1.807, 2.05) is 20.8 Å².